The van der Waals surface area contributed by atoms with Gasteiger partial charge in [0.1, 0.15) is 17.4 Å². The highest BCUT2D eigenvalue weighted by molar-refractivity contribution is 7.93. The molecule has 1 fully saturated rings. The van der Waals surface area contributed by atoms with Gasteiger partial charge in [0.05, 0.1) is 17.8 Å². The number of likely N-dealkylation sites (tertiary alicyclic amines) is 1. The lowest BCUT2D eigenvalue weighted by atomic mass is 9.93. The van der Waals surface area contributed by atoms with Gasteiger partial charge in [0.15, 0.2) is 0 Å². The molecule has 11 heteroatoms. The summed E-state index contributed by atoms with van der Waals surface area (Å²) in [6.07, 6.45) is 0. The highest BCUT2D eigenvalue weighted by Crippen LogP contribution is 2.37. The van der Waals surface area contributed by atoms with Crippen molar-refractivity contribution < 1.29 is 22.0 Å². The summed E-state index contributed by atoms with van der Waals surface area (Å²) in [5.41, 5.74) is 6.77. The van der Waals surface area contributed by atoms with Crippen molar-refractivity contribution in [1.29, 1.82) is 0 Å². The van der Waals surface area contributed by atoms with Crippen molar-refractivity contribution in [2.45, 2.75) is 12.1 Å². The minimum atomic E-state index is -4.29. The van der Waals surface area contributed by atoms with Crippen LogP contribution in [0.5, 0.6) is 0 Å². The van der Waals surface area contributed by atoms with E-state index in [9.17, 15) is 22.0 Å². The number of halogens is 4. The van der Waals surface area contributed by atoms with Crippen LogP contribution in [-0.2, 0) is 14.8 Å². The lowest BCUT2D eigenvalue weighted by molar-refractivity contribution is -0.115. The van der Waals surface area contributed by atoms with Crippen molar-refractivity contribution >= 4 is 44.8 Å². The van der Waals surface area contributed by atoms with Crippen molar-refractivity contribution in [1.82, 2.24) is 4.90 Å². The minimum Gasteiger partial charge on any atom is -0.369 e. The molecule has 3 aromatic rings. The van der Waals surface area contributed by atoms with Crippen LogP contribution in [0.2, 0.25) is 10.0 Å². The summed E-state index contributed by atoms with van der Waals surface area (Å²) in [7, 11) is -4.29. The van der Waals surface area contributed by atoms with E-state index in [-0.39, 0.29) is 24.8 Å². The zero-order valence-electron chi connectivity index (χ0n) is 18.2. The highest BCUT2D eigenvalue weighted by Gasteiger charge is 2.42. The van der Waals surface area contributed by atoms with E-state index in [4.69, 9.17) is 28.9 Å². The zero-order chi connectivity index (χ0) is 25.3. The van der Waals surface area contributed by atoms with E-state index in [0.29, 0.717) is 16.1 Å². The molecule has 0 unspecified atom stereocenters. The van der Waals surface area contributed by atoms with Gasteiger partial charge in [0.25, 0.3) is 0 Å². The lowest BCUT2D eigenvalue weighted by Crippen LogP contribution is -2.62. The zero-order valence-corrected chi connectivity index (χ0v) is 20.6. The Morgan fingerprint density at radius 3 is 1.83 bits per heavy atom. The van der Waals surface area contributed by atoms with Gasteiger partial charge in [-0.05, 0) is 47.5 Å². The van der Waals surface area contributed by atoms with Crippen LogP contribution in [0.25, 0.3) is 0 Å². The number of nitrogens with two attached hydrogens (primary N) is 1. The Labute approximate surface area is 211 Å². The first-order valence-corrected chi connectivity index (χ1v) is 12.9. The summed E-state index contributed by atoms with van der Waals surface area (Å²) in [4.78, 5) is 13.5. The summed E-state index contributed by atoms with van der Waals surface area (Å²) in [5, 5.41) is 1.14. The van der Waals surface area contributed by atoms with Gasteiger partial charge < -0.3 is 5.73 Å². The number of nitrogens with zero attached hydrogens (tertiary/aromatic N) is 2. The molecule has 1 saturated heterocycles. The third kappa shape index (κ3) is 5.75. The lowest BCUT2D eigenvalue weighted by Gasteiger charge is -2.49. The predicted molar refractivity (Wildman–Crippen MR) is 132 cm³/mol. The number of hydrogen-bond acceptors (Lipinski definition) is 4. The molecule has 0 saturated carbocycles. The molecular weight excluding hydrogens is 519 g/mol. The molecule has 0 spiro atoms. The fourth-order valence-electron chi connectivity index (χ4n) is 4.27. The number of carbonyl (C=O) groups is 1. The Bertz CT molecular complexity index is 1270. The molecule has 0 atom stereocenters. The fraction of sp³-hybridized carbons (Fsp3) is 0.208. The fourth-order valence-corrected chi connectivity index (χ4v) is 6.03. The molecule has 2 N–H and O–H groups in total. The van der Waals surface area contributed by atoms with E-state index in [0.717, 1.165) is 27.6 Å². The smallest absolute Gasteiger partial charge is 0.244 e. The Kier molecular flexibility index (Phi) is 7.32. The van der Waals surface area contributed by atoms with E-state index >= 15 is 0 Å². The Morgan fingerprint density at radius 2 is 1.40 bits per heavy atom. The molecule has 3 aromatic carbocycles. The number of amides is 1. The first-order chi connectivity index (χ1) is 16.5. The molecule has 0 bridgehead atoms. The molecule has 0 radical (unpaired) electrons. The predicted octanol–water partition coefficient (Wildman–Crippen LogP) is 4.37. The van der Waals surface area contributed by atoms with Crippen LogP contribution in [0, 0.1) is 11.6 Å². The minimum absolute atomic E-state index is 0.206. The molecule has 6 nitrogen and oxygen atoms in total. The van der Waals surface area contributed by atoms with Crippen LogP contribution in [0.4, 0.5) is 14.5 Å². The van der Waals surface area contributed by atoms with Gasteiger partial charge in [-0.15, -0.1) is 0 Å². The van der Waals surface area contributed by atoms with Crippen molar-refractivity contribution in [3.63, 3.8) is 0 Å². The summed E-state index contributed by atoms with van der Waals surface area (Å²) >= 11 is 12.1. The van der Waals surface area contributed by atoms with E-state index in [1.165, 1.54) is 0 Å². The molecule has 4 rings (SSSR count). The van der Waals surface area contributed by atoms with E-state index in [1.54, 1.807) is 24.3 Å². The topological polar surface area (TPSA) is 83.7 Å². The number of sulfonamides is 1. The van der Waals surface area contributed by atoms with Crippen LogP contribution < -0.4 is 10.0 Å². The van der Waals surface area contributed by atoms with Crippen LogP contribution in [0.15, 0.2) is 66.7 Å². The maximum Gasteiger partial charge on any atom is 0.244 e. The summed E-state index contributed by atoms with van der Waals surface area (Å²) in [5.74, 6) is -3.92. The first-order valence-electron chi connectivity index (χ1n) is 10.5. The van der Waals surface area contributed by atoms with Gasteiger partial charge in [-0.25, -0.2) is 17.2 Å². The number of carbonyl (C=O) groups excluding carboxylic acids is 1. The molecule has 1 heterocycles. The SMILES string of the molecule is NC(=O)CS(=O)(=O)N(c1cc(F)cc(F)c1)C1CN(C(c2ccc(Cl)cc2)c2ccc(Cl)cc2)C1. The van der Waals surface area contributed by atoms with Crippen LogP contribution >= 0.6 is 23.2 Å². The molecule has 1 aliphatic rings. The Hall–Kier alpha value is -2.72. The molecule has 0 aromatic heterocycles. The van der Waals surface area contributed by atoms with Crippen LogP contribution in [0.1, 0.15) is 17.2 Å². The third-order valence-electron chi connectivity index (χ3n) is 5.68. The molecule has 35 heavy (non-hydrogen) atoms. The monoisotopic (exact) mass is 539 g/mol. The van der Waals surface area contributed by atoms with Crippen LogP contribution in [0.3, 0.4) is 0 Å². The normalized spacial score (nSPS) is 14.7. The average molecular weight is 540 g/mol. The second-order valence-electron chi connectivity index (χ2n) is 8.26. The number of benzene rings is 3. The van der Waals surface area contributed by atoms with Crippen molar-refractivity contribution in [3.8, 4) is 0 Å². The molecule has 1 aliphatic heterocycles. The van der Waals surface area contributed by atoms with E-state index in [1.807, 2.05) is 29.2 Å². The van der Waals surface area contributed by atoms with Gasteiger partial charge in [-0.2, -0.15) is 0 Å². The highest BCUT2D eigenvalue weighted by atomic mass is 35.5. The number of anilines is 1. The number of rotatable bonds is 8. The van der Waals surface area contributed by atoms with Gasteiger partial charge in [0, 0.05) is 29.2 Å². The molecule has 184 valence electrons. The van der Waals surface area contributed by atoms with Gasteiger partial charge >= 0.3 is 0 Å². The maximum atomic E-state index is 14.0. The van der Waals surface area contributed by atoms with Crippen LogP contribution in [-0.4, -0.2) is 44.1 Å². The average Bonchev–Trinajstić information content (AvgIpc) is 2.72. The van der Waals surface area contributed by atoms with Gasteiger partial charge in [-0.1, -0.05) is 47.5 Å². The van der Waals surface area contributed by atoms with Crippen molar-refractivity contribution in [3.05, 3.63) is 99.5 Å². The Morgan fingerprint density at radius 1 is 0.943 bits per heavy atom. The largest absolute Gasteiger partial charge is 0.369 e. The summed E-state index contributed by atoms with van der Waals surface area (Å²) in [6, 6.07) is 16.1. The Balaban J connectivity index is 1.68. The second-order valence-corrected chi connectivity index (χ2v) is 11.0. The molecule has 0 aliphatic carbocycles. The van der Waals surface area contributed by atoms with Crippen molar-refractivity contribution in [2.75, 3.05) is 23.1 Å². The maximum absolute atomic E-state index is 14.0. The first kappa shape index (κ1) is 25.4. The standard InChI is InChI=1S/C24H21Cl2F2N3O3S/c25-17-5-1-15(2-6-17)24(16-3-7-18(26)8-4-16)30-12-22(13-30)31(35(33,34)14-23(29)32)21-10-19(27)9-20(28)11-21/h1-11,22,24H,12-14H2,(H2,29,32). The second kappa shape index (κ2) is 10.1. The molecular formula is C24H21Cl2F2N3O3S. The quantitative estimate of drug-likeness (QED) is 0.460. The summed E-state index contributed by atoms with van der Waals surface area (Å²) < 4.78 is 54.8. The number of primary amides is 1. The number of hydrogen-bond donors (Lipinski definition) is 1. The molecule has 1 amide bonds. The van der Waals surface area contributed by atoms with Crippen molar-refractivity contribution in [2.24, 2.45) is 5.73 Å². The summed E-state index contributed by atoms with van der Waals surface area (Å²) in [6.45, 7) is 0.456. The third-order valence-corrected chi connectivity index (χ3v) is 7.95. The van der Waals surface area contributed by atoms with Gasteiger partial charge in [-0.3, -0.25) is 14.0 Å². The van der Waals surface area contributed by atoms with Gasteiger partial charge in [0.2, 0.25) is 15.9 Å². The van der Waals surface area contributed by atoms with E-state index in [2.05, 4.69) is 0 Å². The van der Waals surface area contributed by atoms with E-state index < -0.39 is 39.4 Å².